The Balaban J connectivity index is 0.00000216. The number of anilines is 1. The van der Waals surface area contributed by atoms with E-state index in [1.807, 2.05) is 68.4 Å². The van der Waals surface area contributed by atoms with E-state index >= 15 is 0 Å². The number of methoxy groups -OCH3 is 1. The molecule has 8 heteroatoms. The van der Waals surface area contributed by atoms with Gasteiger partial charge in [-0.15, -0.1) is 0 Å². The van der Waals surface area contributed by atoms with E-state index in [2.05, 4.69) is 10.2 Å². The molecule has 1 N–H and O–H groups in total. The zero-order valence-corrected chi connectivity index (χ0v) is 25.1. The van der Waals surface area contributed by atoms with E-state index in [0.717, 1.165) is 49.2 Å². The first-order valence-corrected chi connectivity index (χ1v) is 14.8. The molecule has 0 bridgehead atoms. The van der Waals surface area contributed by atoms with Crippen LogP contribution < -0.4 is 5.32 Å². The number of ether oxygens (including phenoxy) is 1. The van der Waals surface area contributed by atoms with Crippen molar-refractivity contribution >= 4 is 17.6 Å². The fourth-order valence-electron chi connectivity index (χ4n) is 5.54. The van der Waals surface area contributed by atoms with E-state index in [4.69, 9.17) is 4.74 Å². The monoisotopic (exact) mass is 602 g/mol. The molecule has 4 aromatic rings. The van der Waals surface area contributed by atoms with Crippen molar-refractivity contribution in [2.24, 2.45) is 0 Å². The second-order valence-corrected chi connectivity index (χ2v) is 10.3. The Morgan fingerprint density at radius 2 is 1.41 bits per heavy atom. The predicted octanol–water partition coefficient (Wildman–Crippen LogP) is 8.74. The van der Waals surface area contributed by atoms with Crippen molar-refractivity contribution < 1.29 is 27.5 Å². The third-order valence-corrected chi connectivity index (χ3v) is 7.77. The molecular formula is C36H37F3N2O3. The van der Waals surface area contributed by atoms with Gasteiger partial charge in [-0.05, 0) is 84.4 Å². The first-order chi connectivity index (χ1) is 21.2. The Kier molecular flexibility index (Phi) is 11.0. The summed E-state index contributed by atoms with van der Waals surface area (Å²) in [7, 11) is 1.42. The van der Waals surface area contributed by atoms with Gasteiger partial charge in [-0.2, -0.15) is 13.2 Å². The van der Waals surface area contributed by atoms with Gasteiger partial charge in [-0.25, -0.2) is 4.79 Å². The number of hydrogen-bond acceptors (Lipinski definition) is 4. The van der Waals surface area contributed by atoms with Gasteiger partial charge in [-0.3, -0.25) is 9.69 Å². The number of amides is 1. The number of carbonyl (C=O) groups is 2. The Morgan fingerprint density at radius 3 is 2.00 bits per heavy atom. The van der Waals surface area contributed by atoms with Gasteiger partial charge in [0.15, 0.2) is 0 Å². The smallest absolute Gasteiger partial charge is 0.416 e. The van der Waals surface area contributed by atoms with Gasteiger partial charge in [0.25, 0.3) is 5.91 Å². The van der Waals surface area contributed by atoms with Crippen LogP contribution in [0.3, 0.4) is 0 Å². The lowest BCUT2D eigenvalue weighted by Gasteiger charge is -2.36. The largest absolute Gasteiger partial charge is 0.468 e. The number of carbonyl (C=O) groups excluding carboxylic acids is 2. The Morgan fingerprint density at radius 1 is 0.818 bits per heavy atom. The molecular weight excluding hydrogens is 565 g/mol. The zero-order chi connectivity index (χ0) is 31.7. The van der Waals surface area contributed by atoms with Crippen LogP contribution in [-0.2, 0) is 15.7 Å². The molecule has 0 radical (unpaired) electrons. The molecule has 0 aliphatic carbocycles. The molecule has 0 saturated carbocycles. The van der Waals surface area contributed by atoms with Gasteiger partial charge in [-0.1, -0.05) is 86.6 Å². The third-order valence-electron chi connectivity index (χ3n) is 7.77. The highest BCUT2D eigenvalue weighted by Gasteiger charge is 2.32. The van der Waals surface area contributed by atoms with Gasteiger partial charge in [0, 0.05) is 11.3 Å². The normalized spacial score (nSPS) is 14.6. The molecule has 0 aromatic heterocycles. The number of esters is 1. The summed E-state index contributed by atoms with van der Waals surface area (Å²) < 4.78 is 44.1. The fourth-order valence-corrected chi connectivity index (χ4v) is 5.54. The number of likely N-dealkylation sites (tertiary alicyclic amines) is 1. The van der Waals surface area contributed by atoms with E-state index in [-0.39, 0.29) is 11.9 Å². The minimum absolute atomic E-state index is 0.264. The lowest BCUT2D eigenvalue weighted by Crippen LogP contribution is -2.40. The maximum Gasteiger partial charge on any atom is 0.416 e. The Hall–Kier alpha value is -4.43. The van der Waals surface area contributed by atoms with E-state index in [0.29, 0.717) is 28.3 Å². The van der Waals surface area contributed by atoms with E-state index in [1.54, 1.807) is 24.3 Å². The van der Waals surface area contributed by atoms with Crippen molar-refractivity contribution in [2.45, 2.75) is 44.8 Å². The van der Waals surface area contributed by atoms with Gasteiger partial charge < -0.3 is 10.1 Å². The van der Waals surface area contributed by atoms with Crippen molar-refractivity contribution in [1.29, 1.82) is 0 Å². The molecule has 1 amide bonds. The number of nitrogens with zero attached hydrogens (tertiary/aromatic N) is 1. The van der Waals surface area contributed by atoms with Crippen LogP contribution in [0.2, 0.25) is 0 Å². The number of nitrogens with one attached hydrogen (secondary N) is 1. The number of halogens is 3. The molecule has 4 aromatic carbocycles. The maximum atomic E-state index is 13.2. The molecule has 0 unspecified atom stereocenters. The van der Waals surface area contributed by atoms with Crippen LogP contribution in [0.15, 0.2) is 103 Å². The number of rotatable bonds is 7. The first kappa shape index (κ1) is 32.5. The fraction of sp³-hybridized carbons (Fsp3) is 0.278. The van der Waals surface area contributed by atoms with Crippen LogP contribution in [0.1, 0.15) is 65.7 Å². The number of hydrogen-bond donors (Lipinski definition) is 1. The quantitative estimate of drug-likeness (QED) is 0.215. The summed E-state index contributed by atoms with van der Waals surface area (Å²) >= 11 is 0. The van der Waals surface area contributed by atoms with Crippen molar-refractivity contribution in [3.8, 4) is 11.1 Å². The average molecular weight is 603 g/mol. The Labute approximate surface area is 256 Å². The SMILES string of the molecule is CC.COC(=O)[C@H](c1ccccc1)N1CCC(c2ccc(NC(=O)c3ccccc3-c3ccc(C(F)(F)F)cc3)cc2)CC1. The maximum absolute atomic E-state index is 13.2. The molecule has 0 spiro atoms. The van der Waals surface area contributed by atoms with Crippen molar-refractivity contribution in [2.75, 3.05) is 25.5 Å². The van der Waals surface area contributed by atoms with Crippen LogP contribution in [-0.4, -0.2) is 37.0 Å². The molecule has 1 aliphatic heterocycles. The third kappa shape index (κ3) is 7.74. The number of piperidine rings is 1. The molecule has 5 nitrogen and oxygen atoms in total. The van der Waals surface area contributed by atoms with Crippen LogP contribution in [0.25, 0.3) is 11.1 Å². The molecule has 1 aliphatic rings. The van der Waals surface area contributed by atoms with Crippen LogP contribution >= 0.6 is 0 Å². The standard InChI is InChI=1S/C34H31F3N2O3.C2H6/c1-42-33(41)31(26-7-3-2-4-8-26)39-21-19-24(20-22-39)23-13-17-28(18-14-23)38-32(40)30-10-6-5-9-29(30)25-11-15-27(16-12-25)34(35,36)37;1-2/h2-18,24,31H,19-22H2,1H3,(H,38,40);1-2H3/t31-;/m0./s1. The highest BCUT2D eigenvalue weighted by molar-refractivity contribution is 6.08. The van der Waals surface area contributed by atoms with Gasteiger partial charge >= 0.3 is 12.1 Å². The second-order valence-electron chi connectivity index (χ2n) is 10.3. The lowest BCUT2D eigenvalue weighted by atomic mass is 9.88. The topological polar surface area (TPSA) is 58.6 Å². The van der Waals surface area contributed by atoms with Gasteiger partial charge in [0.2, 0.25) is 0 Å². The van der Waals surface area contributed by atoms with Gasteiger partial charge in [0.1, 0.15) is 6.04 Å². The molecule has 1 fully saturated rings. The summed E-state index contributed by atoms with van der Waals surface area (Å²) in [5, 5.41) is 2.91. The highest BCUT2D eigenvalue weighted by Crippen LogP contribution is 2.34. The summed E-state index contributed by atoms with van der Waals surface area (Å²) in [6, 6.07) is 28.6. The van der Waals surface area contributed by atoms with Crippen molar-refractivity contribution in [3.63, 3.8) is 0 Å². The summed E-state index contributed by atoms with van der Waals surface area (Å²) in [6.45, 7) is 5.50. The second kappa shape index (κ2) is 14.8. The average Bonchev–Trinajstić information content (AvgIpc) is 3.06. The molecule has 1 heterocycles. The summed E-state index contributed by atoms with van der Waals surface area (Å²) in [5.41, 5.74) is 3.41. The number of alkyl halides is 3. The molecule has 5 rings (SSSR count). The van der Waals surface area contributed by atoms with Crippen LogP contribution in [0.5, 0.6) is 0 Å². The highest BCUT2D eigenvalue weighted by atomic mass is 19.4. The van der Waals surface area contributed by atoms with Gasteiger partial charge in [0.05, 0.1) is 12.7 Å². The molecule has 230 valence electrons. The summed E-state index contributed by atoms with van der Waals surface area (Å²) in [6.07, 6.45) is -2.66. The Bertz CT molecular complexity index is 1510. The summed E-state index contributed by atoms with van der Waals surface area (Å²) in [4.78, 5) is 28.0. The summed E-state index contributed by atoms with van der Waals surface area (Å²) in [5.74, 6) is -0.290. The van der Waals surface area contributed by atoms with Crippen molar-refractivity contribution in [3.05, 3.63) is 125 Å². The minimum atomic E-state index is -4.42. The molecule has 1 atom stereocenters. The first-order valence-electron chi connectivity index (χ1n) is 14.8. The van der Waals surface area contributed by atoms with E-state index in [9.17, 15) is 22.8 Å². The van der Waals surface area contributed by atoms with Crippen LogP contribution in [0, 0.1) is 0 Å². The zero-order valence-electron chi connectivity index (χ0n) is 25.1. The van der Waals surface area contributed by atoms with E-state index in [1.165, 1.54) is 19.2 Å². The lowest BCUT2D eigenvalue weighted by molar-refractivity contribution is -0.148. The van der Waals surface area contributed by atoms with Crippen molar-refractivity contribution in [1.82, 2.24) is 4.90 Å². The van der Waals surface area contributed by atoms with Crippen LogP contribution in [0.4, 0.5) is 18.9 Å². The van der Waals surface area contributed by atoms with E-state index < -0.39 is 17.8 Å². The minimum Gasteiger partial charge on any atom is -0.468 e. The molecule has 44 heavy (non-hydrogen) atoms. The predicted molar refractivity (Wildman–Crippen MR) is 167 cm³/mol. The number of benzene rings is 4. The molecule has 1 saturated heterocycles.